The van der Waals surface area contributed by atoms with Gasteiger partial charge in [-0.3, -0.25) is 4.79 Å². The van der Waals surface area contributed by atoms with Gasteiger partial charge in [0.05, 0.1) is 19.3 Å². The van der Waals surface area contributed by atoms with Gasteiger partial charge in [-0.25, -0.2) is 0 Å². The number of halogens is 1. The van der Waals surface area contributed by atoms with Gasteiger partial charge in [0.25, 0.3) is 5.91 Å². The molecule has 1 aliphatic heterocycles. The Kier molecular flexibility index (Phi) is 5.41. The maximum atomic E-state index is 12.5. The number of ether oxygens (including phenoxy) is 2. The molecule has 5 heteroatoms. The topological polar surface area (TPSA) is 47.6 Å². The maximum absolute atomic E-state index is 12.5. The minimum atomic E-state index is -0.0820. The van der Waals surface area contributed by atoms with Crippen molar-refractivity contribution in [1.29, 1.82) is 0 Å². The molecule has 24 heavy (non-hydrogen) atoms. The second-order valence-electron chi connectivity index (χ2n) is 5.70. The van der Waals surface area contributed by atoms with Crippen molar-refractivity contribution in [2.75, 3.05) is 13.2 Å². The zero-order chi connectivity index (χ0) is 16.9. The number of carbonyl (C=O) groups is 1. The predicted octanol–water partition coefficient (Wildman–Crippen LogP) is 4.49. The van der Waals surface area contributed by atoms with Crippen molar-refractivity contribution in [3.63, 3.8) is 0 Å². The molecule has 1 atom stereocenters. The van der Waals surface area contributed by atoms with E-state index >= 15 is 0 Å². The van der Waals surface area contributed by atoms with Gasteiger partial charge >= 0.3 is 0 Å². The number of benzene rings is 2. The number of nitrogens with one attached hydrogen (secondary N) is 1. The van der Waals surface area contributed by atoms with E-state index in [1.165, 1.54) is 0 Å². The van der Waals surface area contributed by atoms with E-state index in [9.17, 15) is 4.79 Å². The molecular weight excluding hydrogens is 370 g/mol. The molecule has 1 aliphatic rings. The fourth-order valence-corrected chi connectivity index (χ4v) is 2.92. The Morgan fingerprint density at radius 1 is 1.12 bits per heavy atom. The summed E-state index contributed by atoms with van der Waals surface area (Å²) in [5.74, 6) is 1.44. The molecule has 0 spiro atoms. The Labute approximate surface area is 150 Å². The molecular formula is C19H20BrNO3. The van der Waals surface area contributed by atoms with Gasteiger partial charge in [0, 0.05) is 16.5 Å². The summed E-state index contributed by atoms with van der Waals surface area (Å²) >= 11 is 3.38. The molecule has 0 bridgehead atoms. The van der Waals surface area contributed by atoms with Gasteiger partial charge in [-0.15, -0.1) is 0 Å². The predicted molar refractivity (Wildman–Crippen MR) is 96.7 cm³/mol. The highest BCUT2D eigenvalue weighted by Crippen LogP contribution is 2.33. The molecule has 0 radical (unpaired) electrons. The van der Waals surface area contributed by atoms with Crippen LogP contribution < -0.4 is 14.8 Å². The van der Waals surface area contributed by atoms with Crippen LogP contribution >= 0.6 is 15.9 Å². The summed E-state index contributed by atoms with van der Waals surface area (Å²) in [6.45, 7) is 3.37. The van der Waals surface area contributed by atoms with Crippen LogP contribution in [0.2, 0.25) is 0 Å². The van der Waals surface area contributed by atoms with Crippen molar-refractivity contribution in [2.45, 2.75) is 25.8 Å². The summed E-state index contributed by atoms with van der Waals surface area (Å²) in [5.41, 5.74) is 1.67. The second kappa shape index (κ2) is 7.71. The molecule has 1 heterocycles. The third-order valence-electron chi connectivity index (χ3n) is 3.99. The SMILES string of the molecule is CCC(NC(=O)c1ccc(Br)cc1)c1ccc2c(c1)OCCCO2. The molecule has 0 aliphatic carbocycles. The van der Waals surface area contributed by atoms with Gasteiger partial charge in [-0.05, 0) is 48.4 Å². The molecule has 1 amide bonds. The van der Waals surface area contributed by atoms with Gasteiger partial charge in [0.1, 0.15) is 0 Å². The Morgan fingerprint density at radius 3 is 2.54 bits per heavy atom. The van der Waals surface area contributed by atoms with E-state index in [1.807, 2.05) is 30.3 Å². The van der Waals surface area contributed by atoms with Gasteiger partial charge in [-0.1, -0.05) is 28.9 Å². The van der Waals surface area contributed by atoms with Gasteiger partial charge < -0.3 is 14.8 Å². The molecule has 3 rings (SSSR count). The average Bonchev–Trinajstić information content (AvgIpc) is 2.84. The fraction of sp³-hybridized carbons (Fsp3) is 0.316. The summed E-state index contributed by atoms with van der Waals surface area (Å²) in [5, 5.41) is 3.09. The Hall–Kier alpha value is -2.01. The highest BCUT2D eigenvalue weighted by atomic mass is 79.9. The second-order valence-corrected chi connectivity index (χ2v) is 6.61. The van der Waals surface area contributed by atoms with Crippen molar-refractivity contribution in [3.8, 4) is 11.5 Å². The zero-order valence-corrected chi connectivity index (χ0v) is 15.1. The third-order valence-corrected chi connectivity index (χ3v) is 4.52. The first-order chi connectivity index (χ1) is 11.7. The average molecular weight is 390 g/mol. The van der Waals surface area contributed by atoms with Crippen LogP contribution in [0.3, 0.4) is 0 Å². The first kappa shape index (κ1) is 16.8. The highest BCUT2D eigenvalue weighted by molar-refractivity contribution is 9.10. The molecule has 2 aromatic rings. The van der Waals surface area contributed by atoms with Crippen LogP contribution in [0.4, 0.5) is 0 Å². The first-order valence-corrected chi connectivity index (χ1v) is 8.92. The van der Waals surface area contributed by atoms with E-state index in [0.29, 0.717) is 18.8 Å². The van der Waals surface area contributed by atoms with Crippen molar-refractivity contribution in [3.05, 3.63) is 58.1 Å². The largest absolute Gasteiger partial charge is 0.490 e. The molecule has 0 saturated heterocycles. The monoisotopic (exact) mass is 389 g/mol. The number of hydrogen-bond acceptors (Lipinski definition) is 3. The standard InChI is InChI=1S/C19H20BrNO3/c1-2-16(21-19(22)13-4-7-15(20)8-5-13)14-6-9-17-18(12-14)24-11-3-10-23-17/h4-9,12,16H,2-3,10-11H2,1H3,(H,21,22). The number of hydrogen-bond donors (Lipinski definition) is 1. The lowest BCUT2D eigenvalue weighted by atomic mass is 10.0. The summed E-state index contributed by atoms with van der Waals surface area (Å²) in [7, 11) is 0. The smallest absolute Gasteiger partial charge is 0.251 e. The normalized spacial score (nSPS) is 14.6. The third kappa shape index (κ3) is 3.90. The summed E-state index contributed by atoms with van der Waals surface area (Å²) in [6.07, 6.45) is 1.67. The molecule has 2 aromatic carbocycles. The molecule has 1 N–H and O–H groups in total. The van der Waals surface area contributed by atoms with Gasteiger partial charge in [0.15, 0.2) is 11.5 Å². The van der Waals surface area contributed by atoms with Crippen LogP contribution in [-0.2, 0) is 0 Å². The minimum Gasteiger partial charge on any atom is -0.490 e. The molecule has 0 saturated carbocycles. The lowest BCUT2D eigenvalue weighted by molar-refractivity contribution is 0.0935. The van der Waals surface area contributed by atoms with E-state index in [0.717, 1.165) is 34.4 Å². The molecule has 4 nitrogen and oxygen atoms in total. The van der Waals surface area contributed by atoms with Crippen LogP contribution in [0.5, 0.6) is 11.5 Å². The summed E-state index contributed by atoms with van der Waals surface area (Å²) in [4.78, 5) is 12.5. The van der Waals surface area contributed by atoms with Gasteiger partial charge in [0.2, 0.25) is 0 Å². The van der Waals surface area contributed by atoms with Crippen LogP contribution in [0.15, 0.2) is 46.9 Å². The molecule has 0 aromatic heterocycles. The van der Waals surface area contributed by atoms with Crippen LogP contribution in [0.25, 0.3) is 0 Å². The van der Waals surface area contributed by atoms with Crippen LogP contribution in [0.1, 0.15) is 41.7 Å². The molecule has 0 fully saturated rings. The van der Waals surface area contributed by atoms with Crippen LogP contribution in [0, 0.1) is 0 Å². The van der Waals surface area contributed by atoms with Crippen LogP contribution in [-0.4, -0.2) is 19.1 Å². The molecule has 126 valence electrons. The van der Waals surface area contributed by atoms with Crippen molar-refractivity contribution < 1.29 is 14.3 Å². The summed E-state index contributed by atoms with van der Waals surface area (Å²) < 4.78 is 12.4. The number of fused-ring (bicyclic) bond motifs is 1. The van der Waals surface area contributed by atoms with Crippen molar-refractivity contribution >= 4 is 21.8 Å². The van der Waals surface area contributed by atoms with E-state index in [4.69, 9.17) is 9.47 Å². The molecule has 1 unspecified atom stereocenters. The number of carbonyl (C=O) groups excluding carboxylic acids is 1. The zero-order valence-electron chi connectivity index (χ0n) is 13.5. The Balaban J connectivity index is 1.77. The lowest BCUT2D eigenvalue weighted by Gasteiger charge is -2.19. The fourth-order valence-electron chi connectivity index (χ4n) is 2.66. The van der Waals surface area contributed by atoms with E-state index in [-0.39, 0.29) is 11.9 Å². The first-order valence-electron chi connectivity index (χ1n) is 8.13. The van der Waals surface area contributed by atoms with E-state index in [1.54, 1.807) is 12.1 Å². The van der Waals surface area contributed by atoms with Crippen molar-refractivity contribution in [2.24, 2.45) is 0 Å². The quantitative estimate of drug-likeness (QED) is 0.837. The Bertz CT molecular complexity index is 715. The van der Waals surface area contributed by atoms with Gasteiger partial charge in [-0.2, -0.15) is 0 Å². The Morgan fingerprint density at radius 2 is 1.83 bits per heavy atom. The lowest BCUT2D eigenvalue weighted by Crippen LogP contribution is -2.28. The maximum Gasteiger partial charge on any atom is 0.251 e. The number of amides is 1. The van der Waals surface area contributed by atoms with E-state index in [2.05, 4.69) is 28.2 Å². The summed E-state index contributed by atoms with van der Waals surface area (Å²) in [6, 6.07) is 13.1. The van der Waals surface area contributed by atoms with E-state index < -0.39 is 0 Å². The number of rotatable bonds is 4. The van der Waals surface area contributed by atoms with Crippen molar-refractivity contribution in [1.82, 2.24) is 5.32 Å². The highest BCUT2D eigenvalue weighted by Gasteiger charge is 2.17. The minimum absolute atomic E-state index is 0.0710.